The van der Waals surface area contributed by atoms with Crippen LogP contribution in [-0.4, -0.2) is 34.3 Å². The zero-order valence-electron chi connectivity index (χ0n) is 15.7. The van der Waals surface area contributed by atoms with Gasteiger partial charge in [0.2, 0.25) is 11.8 Å². The molecule has 2 aromatic carbocycles. The van der Waals surface area contributed by atoms with E-state index in [-0.39, 0.29) is 22.4 Å². The van der Waals surface area contributed by atoms with Crippen LogP contribution >= 0.6 is 23.1 Å². The van der Waals surface area contributed by atoms with Gasteiger partial charge in [-0.1, -0.05) is 41.3 Å². The number of anilines is 1. The van der Waals surface area contributed by atoms with Gasteiger partial charge in [-0.2, -0.15) is 0 Å². The fourth-order valence-electron chi connectivity index (χ4n) is 4.09. The predicted molar refractivity (Wildman–Crippen MR) is 114 cm³/mol. The number of para-hydroxylation sites is 1. The highest BCUT2D eigenvalue weighted by Gasteiger charge is 2.56. The lowest BCUT2D eigenvalue weighted by Crippen LogP contribution is -2.32. The minimum atomic E-state index is -0.725. The first-order valence-electron chi connectivity index (χ1n) is 9.19. The lowest BCUT2D eigenvalue weighted by Gasteiger charge is -2.30. The fraction of sp³-hybridized carbons (Fsp3) is 0.190. The number of thioether (sulfide) groups is 1. The number of thiazole rings is 1. The Labute approximate surface area is 179 Å². The molecule has 2 amide bonds. The van der Waals surface area contributed by atoms with Gasteiger partial charge in [-0.05, 0) is 30.3 Å². The normalized spacial score (nSPS) is 22.7. The van der Waals surface area contributed by atoms with Crippen LogP contribution in [0.3, 0.4) is 0 Å². The lowest BCUT2D eigenvalue weighted by molar-refractivity contribution is -0.122. The summed E-state index contributed by atoms with van der Waals surface area (Å²) in [5.41, 5.74) is 0.996. The van der Waals surface area contributed by atoms with E-state index in [0.717, 1.165) is 11.3 Å². The third-order valence-electron chi connectivity index (χ3n) is 5.43. The third kappa shape index (κ3) is 2.77. The summed E-state index contributed by atoms with van der Waals surface area (Å²) >= 11 is 2.22. The van der Waals surface area contributed by atoms with E-state index in [9.17, 15) is 19.5 Å². The number of aromatic nitrogens is 1. The van der Waals surface area contributed by atoms with E-state index in [1.165, 1.54) is 16.7 Å². The van der Waals surface area contributed by atoms with E-state index in [0.29, 0.717) is 26.9 Å². The monoisotopic (exact) mass is 440 g/mol. The number of imide groups is 1. The molecule has 3 heterocycles. The molecule has 7 nitrogen and oxygen atoms in total. The quantitative estimate of drug-likeness (QED) is 0.608. The van der Waals surface area contributed by atoms with Crippen molar-refractivity contribution in [1.29, 1.82) is 0 Å². The summed E-state index contributed by atoms with van der Waals surface area (Å²) in [5.74, 6) is -1.34. The van der Waals surface area contributed by atoms with Crippen molar-refractivity contribution in [3.8, 4) is 11.5 Å². The molecule has 1 saturated heterocycles. The molecule has 3 unspecified atom stereocenters. The number of benzene rings is 2. The minimum absolute atomic E-state index is 0.0306. The number of amides is 2. The van der Waals surface area contributed by atoms with Crippen molar-refractivity contribution in [1.82, 2.24) is 4.98 Å². The summed E-state index contributed by atoms with van der Waals surface area (Å²) in [5, 5.41) is 10.4. The first-order chi connectivity index (χ1) is 14.5. The molecule has 152 valence electrons. The maximum atomic E-state index is 13.5. The van der Waals surface area contributed by atoms with Crippen LogP contribution in [0.15, 0.2) is 58.4 Å². The molecular formula is C21H16N2O5S2. The Bertz CT molecular complexity index is 1220. The molecule has 1 aromatic heterocycles. The van der Waals surface area contributed by atoms with Gasteiger partial charge in [-0.15, -0.1) is 0 Å². The predicted octanol–water partition coefficient (Wildman–Crippen LogP) is 2.95. The van der Waals surface area contributed by atoms with E-state index in [2.05, 4.69) is 4.98 Å². The van der Waals surface area contributed by atoms with Crippen LogP contribution in [0.5, 0.6) is 11.5 Å². The van der Waals surface area contributed by atoms with Crippen molar-refractivity contribution in [3.05, 3.63) is 68.6 Å². The van der Waals surface area contributed by atoms with Gasteiger partial charge in [-0.25, -0.2) is 4.90 Å². The number of carbonyl (C=O) groups is 2. The number of aromatic hydroxyl groups is 1. The van der Waals surface area contributed by atoms with Crippen molar-refractivity contribution in [2.45, 2.75) is 16.2 Å². The smallest absolute Gasteiger partial charge is 0.305 e. The van der Waals surface area contributed by atoms with Crippen LogP contribution < -0.4 is 14.5 Å². The second-order valence-corrected chi connectivity index (χ2v) is 9.19. The third-order valence-corrected chi connectivity index (χ3v) is 7.83. The van der Waals surface area contributed by atoms with E-state index in [1.54, 1.807) is 55.6 Å². The van der Waals surface area contributed by atoms with Crippen LogP contribution in [0.2, 0.25) is 0 Å². The standard InChI is InChI=1S/C21H16N2O5S2/c1-28-11-8-6-10(7-9-11)23-19(25)15-14(12-4-2-3-5-13(12)24)16-18(22-21(27)30-16)29-17(15)20(23)26/h2-9,14-15,17,24H,1H3,(H,22,27). The number of phenols is 1. The number of nitrogens with zero attached hydrogens (tertiary/aromatic N) is 1. The van der Waals surface area contributed by atoms with Gasteiger partial charge in [0.05, 0.1) is 23.7 Å². The highest BCUT2D eigenvalue weighted by Crippen LogP contribution is 2.54. The van der Waals surface area contributed by atoms with Crippen LogP contribution in [0.4, 0.5) is 5.69 Å². The second kappa shape index (κ2) is 7.03. The van der Waals surface area contributed by atoms with Crippen LogP contribution in [0.1, 0.15) is 16.4 Å². The van der Waals surface area contributed by atoms with Crippen LogP contribution in [0.25, 0.3) is 0 Å². The molecule has 0 aliphatic carbocycles. The van der Waals surface area contributed by atoms with Gasteiger partial charge in [0.1, 0.15) is 16.7 Å². The Balaban J connectivity index is 1.64. The lowest BCUT2D eigenvalue weighted by atomic mass is 9.82. The number of carbonyl (C=O) groups excluding carboxylic acids is 2. The average molecular weight is 441 g/mol. The van der Waals surface area contributed by atoms with Crippen LogP contribution in [0, 0.1) is 5.92 Å². The van der Waals surface area contributed by atoms with Gasteiger partial charge in [-0.3, -0.25) is 14.4 Å². The largest absolute Gasteiger partial charge is 0.508 e. The number of ether oxygens (including phenoxy) is 1. The highest BCUT2D eigenvalue weighted by molar-refractivity contribution is 8.00. The van der Waals surface area contributed by atoms with E-state index in [4.69, 9.17) is 4.74 Å². The Hall–Kier alpha value is -3.04. The molecular weight excluding hydrogens is 424 g/mol. The number of aromatic amines is 1. The number of H-pyrrole nitrogens is 1. The first-order valence-corrected chi connectivity index (χ1v) is 10.9. The van der Waals surface area contributed by atoms with E-state index in [1.807, 2.05) is 0 Å². The Morgan fingerprint density at radius 1 is 1.03 bits per heavy atom. The molecule has 3 atom stereocenters. The average Bonchev–Trinajstić information content (AvgIpc) is 3.24. The molecule has 30 heavy (non-hydrogen) atoms. The number of fused-ring (bicyclic) bond motifs is 2. The van der Waals surface area contributed by atoms with E-state index < -0.39 is 17.1 Å². The van der Waals surface area contributed by atoms with Crippen LogP contribution in [-0.2, 0) is 9.59 Å². The molecule has 1 fully saturated rings. The van der Waals surface area contributed by atoms with Gasteiger partial charge in [0.25, 0.3) is 0 Å². The van der Waals surface area contributed by atoms with Crippen molar-refractivity contribution < 1.29 is 19.4 Å². The first kappa shape index (κ1) is 19.0. The topological polar surface area (TPSA) is 99.7 Å². The Morgan fingerprint density at radius 3 is 2.47 bits per heavy atom. The molecule has 5 rings (SSSR count). The Morgan fingerprint density at radius 2 is 1.77 bits per heavy atom. The molecule has 0 spiro atoms. The number of hydrogen-bond acceptors (Lipinski definition) is 7. The number of phenolic OH excluding ortho intramolecular Hbond substituents is 1. The van der Waals surface area contributed by atoms with Gasteiger partial charge < -0.3 is 14.8 Å². The summed E-state index contributed by atoms with van der Waals surface area (Å²) in [4.78, 5) is 43.2. The molecule has 2 aliphatic rings. The summed E-state index contributed by atoms with van der Waals surface area (Å²) in [6.45, 7) is 0. The number of hydrogen-bond donors (Lipinski definition) is 2. The summed E-state index contributed by atoms with van der Waals surface area (Å²) in [6, 6.07) is 13.5. The highest BCUT2D eigenvalue weighted by atomic mass is 32.2. The van der Waals surface area contributed by atoms with E-state index >= 15 is 0 Å². The minimum Gasteiger partial charge on any atom is -0.508 e. The summed E-state index contributed by atoms with van der Waals surface area (Å²) in [7, 11) is 1.54. The molecule has 3 aromatic rings. The molecule has 0 radical (unpaired) electrons. The summed E-state index contributed by atoms with van der Waals surface area (Å²) < 4.78 is 5.16. The second-order valence-electron chi connectivity index (χ2n) is 7.02. The molecule has 2 aliphatic heterocycles. The molecule has 9 heteroatoms. The molecule has 0 bridgehead atoms. The van der Waals surface area contributed by atoms with Gasteiger partial charge in [0.15, 0.2) is 0 Å². The van der Waals surface area contributed by atoms with Crippen molar-refractivity contribution in [3.63, 3.8) is 0 Å². The Kier molecular flexibility index (Phi) is 4.44. The number of nitrogens with one attached hydrogen (secondary N) is 1. The zero-order chi connectivity index (χ0) is 21.0. The van der Waals surface area contributed by atoms with Crippen molar-refractivity contribution in [2.75, 3.05) is 12.0 Å². The fourth-order valence-corrected chi connectivity index (χ4v) is 6.59. The van der Waals surface area contributed by atoms with Gasteiger partial charge in [0, 0.05) is 16.4 Å². The van der Waals surface area contributed by atoms with Gasteiger partial charge >= 0.3 is 4.87 Å². The summed E-state index contributed by atoms with van der Waals surface area (Å²) in [6.07, 6.45) is 0. The SMILES string of the molecule is COc1ccc(N2C(=O)C3Sc4[nH]c(=O)sc4C(c4ccccc4O)C3C2=O)cc1. The van der Waals surface area contributed by atoms with Crippen molar-refractivity contribution >= 4 is 40.6 Å². The number of rotatable bonds is 3. The maximum Gasteiger partial charge on any atom is 0.305 e. The zero-order valence-corrected chi connectivity index (χ0v) is 17.3. The van der Waals surface area contributed by atoms with Crippen molar-refractivity contribution in [2.24, 2.45) is 5.92 Å². The number of methoxy groups -OCH3 is 1. The maximum absolute atomic E-state index is 13.5. The molecule has 0 saturated carbocycles. The molecule has 2 N–H and O–H groups in total.